The monoisotopic (exact) mass is 965 g/mol. The minimum absolute atomic E-state index is 0.281. The first-order chi connectivity index (χ1) is 31.3. The van der Waals surface area contributed by atoms with Crippen molar-refractivity contribution in [1.82, 2.24) is 9.72 Å². The van der Waals surface area contributed by atoms with Crippen LogP contribution in [-0.2, 0) is 0 Å². The van der Waals surface area contributed by atoms with E-state index >= 15 is 0 Å². The molecule has 1 heterocycles. The Kier molecular flexibility index (Phi) is 12.1. The summed E-state index contributed by atoms with van der Waals surface area (Å²) in [5, 5.41) is 70.3. The van der Waals surface area contributed by atoms with Crippen LogP contribution < -0.4 is 36.9 Å². The zero-order valence-corrected chi connectivity index (χ0v) is 35.4. The van der Waals surface area contributed by atoms with Crippen molar-refractivity contribution in [2.45, 2.75) is 0 Å². The van der Waals surface area contributed by atoms with Gasteiger partial charge in [0.25, 0.3) is 0 Å². The Morgan fingerprint density at radius 3 is 0.742 bits per heavy atom. The van der Waals surface area contributed by atoms with Gasteiger partial charge < -0.3 is 0 Å². The standard InChI is InChI=1S/C36H26N9O18P3/c46-40(47)25-1-13-31(14-2-25)58-65(59-32-15-3-26(4-16-32)41(48)49,60-33-17-5-27(6-18-33)42(50)51)37-64-38-66(39-65,61-34-19-7-28(8-20-34)43(52)53,62-35-21-9-29(10-22-35)44(54)55)63-36-23-11-30(12-24-36)45(56)57/h1-24,39H,(H,37,38). The van der Waals surface area contributed by atoms with Gasteiger partial charge in [0.2, 0.25) is 0 Å². The molecule has 0 amide bonds. The van der Waals surface area contributed by atoms with E-state index < -0.39 is 87.4 Å². The van der Waals surface area contributed by atoms with Crippen LogP contribution in [0.4, 0.5) is 34.1 Å². The van der Waals surface area contributed by atoms with Crippen LogP contribution in [-0.4, -0.2) is 29.5 Å². The molecule has 1 aliphatic heterocycles. The number of rotatable bonds is 18. The van der Waals surface area contributed by atoms with E-state index in [4.69, 9.17) is 27.1 Å². The maximum atomic E-state index is 11.7. The van der Waals surface area contributed by atoms with Crippen molar-refractivity contribution in [3.63, 3.8) is 0 Å². The molecular formula is C36H26N9O18P3. The number of hydrogen-bond donors (Lipinski definition) is 2. The number of nitrogens with zero attached hydrogens (tertiary/aromatic N) is 7. The summed E-state index contributed by atoms with van der Waals surface area (Å²) in [6.07, 6.45) is 0. The third-order valence-electron chi connectivity index (χ3n) is 8.65. The Morgan fingerprint density at radius 2 is 0.545 bits per heavy atom. The van der Waals surface area contributed by atoms with Crippen molar-refractivity contribution in [3.05, 3.63) is 206 Å². The van der Waals surface area contributed by atoms with Gasteiger partial charge in [0, 0.05) is 0 Å². The van der Waals surface area contributed by atoms with Crippen LogP contribution in [0.15, 0.2) is 150 Å². The second-order valence-corrected chi connectivity index (χ2v) is 20.2. The molecule has 0 saturated carbocycles. The minimum atomic E-state index is -6.24. The normalized spacial score (nSPS) is 16.4. The van der Waals surface area contributed by atoms with Gasteiger partial charge >= 0.3 is 370 Å². The summed E-state index contributed by atoms with van der Waals surface area (Å²) in [5.41, 5.74) is -2.43. The van der Waals surface area contributed by atoms with Gasteiger partial charge in [-0.15, -0.1) is 0 Å². The first kappa shape index (κ1) is 45.4. The van der Waals surface area contributed by atoms with Gasteiger partial charge in [0.15, 0.2) is 0 Å². The molecule has 0 aromatic heterocycles. The van der Waals surface area contributed by atoms with Gasteiger partial charge in [-0.3, -0.25) is 0 Å². The molecule has 338 valence electrons. The Labute approximate surface area is 368 Å². The quantitative estimate of drug-likeness (QED) is 0.0459. The number of benzene rings is 6. The average Bonchev–Trinajstić information content (AvgIpc) is 3.27. The summed E-state index contributed by atoms with van der Waals surface area (Å²) in [7, 11) is -12.8. The van der Waals surface area contributed by atoms with Crippen LogP contribution in [0, 0.1) is 60.7 Å². The predicted molar refractivity (Wildman–Crippen MR) is 232 cm³/mol. The van der Waals surface area contributed by atoms with Crippen molar-refractivity contribution < 1.29 is 56.7 Å². The van der Waals surface area contributed by atoms with E-state index in [1.54, 1.807) is 0 Å². The third-order valence-corrected chi connectivity index (χ3v) is 17.9. The molecule has 2 N–H and O–H groups in total. The first-order valence-electron chi connectivity index (χ1n) is 18.1. The zero-order chi connectivity index (χ0) is 47.3. The Balaban J connectivity index is 1.57. The van der Waals surface area contributed by atoms with Gasteiger partial charge in [-0.1, -0.05) is 0 Å². The number of nitro groups is 6. The molecule has 66 heavy (non-hydrogen) atoms. The van der Waals surface area contributed by atoms with Crippen LogP contribution in [0.2, 0.25) is 0 Å². The van der Waals surface area contributed by atoms with Crippen LogP contribution in [0.1, 0.15) is 0 Å². The number of hydrogen-bond acceptors (Lipinski definition) is 21. The molecule has 0 bridgehead atoms. The van der Waals surface area contributed by atoms with Crippen molar-refractivity contribution in [1.29, 1.82) is 0 Å². The Morgan fingerprint density at radius 1 is 0.348 bits per heavy atom. The van der Waals surface area contributed by atoms with Crippen LogP contribution in [0.5, 0.6) is 34.5 Å². The molecule has 0 radical (unpaired) electrons. The van der Waals surface area contributed by atoms with Crippen LogP contribution in [0.25, 0.3) is 0 Å². The van der Waals surface area contributed by atoms with Crippen LogP contribution >= 0.6 is 23.7 Å². The number of nitrogens with one attached hydrogen (secondary N) is 2. The number of non-ortho nitro benzene ring substituents is 6. The fraction of sp³-hybridized carbons (Fsp3) is 0. The molecule has 7 rings (SSSR count). The number of nitro benzene ring substituents is 6. The molecule has 0 atom stereocenters. The summed E-state index contributed by atoms with van der Waals surface area (Å²) in [6, 6.07) is 25.9. The van der Waals surface area contributed by atoms with Gasteiger partial charge in [-0.25, -0.2) is 0 Å². The molecule has 0 spiro atoms. The zero-order valence-electron chi connectivity index (χ0n) is 32.7. The molecule has 0 saturated heterocycles. The van der Waals surface area contributed by atoms with E-state index in [9.17, 15) is 60.7 Å². The van der Waals surface area contributed by atoms with Crippen molar-refractivity contribution in [3.8, 4) is 34.5 Å². The van der Waals surface area contributed by atoms with E-state index in [-0.39, 0.29) is 34.5 Å². The summed E-state index contributed by atoms with van der Waals surface area (Å²) < 4.78 is 44.8. The van der Waals surface area contributed by atoms with Gasteiger partial charge in [-0.05, 0) is 0 Å². The Hall–Kier alpha value is -8.60. The van der Waals surface area contributed by atoms with Crippen molar-refractivity contribution in [2.75, 3.05) is 0 Å². The first-order valence-corrected chi connectivity index (χ1v) is 22.9. The van der Waals surface area contributed by atoms with E-state index in [2.05, 4.69) is 14.2 Å². The molecule has 6 aromatic rings. The summed E-state index contributed by atoms with van der Waals surface area (Å²) in [5.74, 6) is -1.74. The van der Waals surface area contributed by atoms with E-state index in [0.29, 0.717) is 0 Å². The fourth-order valence-corrected chi connectivity index (χ4v) is 16.0. The molecule has 0 fully saturated rings. The Bertz CT molecular complexity index is 2620. The summed E-state index contributed by atoms with van der Waals surface area (Å²) in [4.78, 5) is 71.9. The molecular weight excluding hydrogens is 939 g/mol. The molecule has 0 aliphatic carbocycles. The van der Waals surface area contributed by atoms with E-state index in [1.165, 1.54) is 0 Å². The molecule has 30 heteroatoms. The SMILES string of the molecule is O=[N+]([O-])c1ccc(OP2(Oc3ccc([N+](=O)[O-])cc3)(Oc3ccc([N+](=O)[O-])cc3)N=PNP(Oc3ccc([N+](=O)[O-])cc3)(Oc3ccc([N+](=O)[O-])cc3)(Oc3ccc([N+](=O)[O-])cc3)N2)cc1. The third kappa shape index (κ3) is 9.79. The van der Waals surface area contributed by atoms with Gasteiger partial charge in [0.1, 0.15) is 0 Å². The average molecular weight is 966 g/mol. The van der Waals surface area contributed by atoms with Gasteiger partial charge in [0.05, 0.1) is 0 Å². The second kappa shape index (κ2) is 17.5. The molecule has 0 unspecified atom stereocenters. The molecule has 1 aliphatic rings. The van der Waals surface area contributed by atoms with Crippen molar-refractivity contribution >= 4 is 57.8 Å². The predicted octanol–water partition coefficient (Wildman–Crippen LogP) is 10.4. The maximum absolute atomic E-state index is 11.7. The topological polar surface area (TPSA) is 351 Å². The fourth-order valence-electron chi connectivity index (χ4n) is 5.76. The summed E-state index contributed by atoms with van der Waals surface area (Å²) in [6.45, 7) is 0. The van der Waals surface area contributed by atoms with Crippen LogP contribution in [0.3, 0.4) is 0 Å². The van der Waals surface area contributed by atoms with Gasteiger partial charge in [-0.2, -0.15) is 0 Å². The summed E-state index contributed by atoms with van der Waals surface area (Å²) >= 11 is 0. The molecule has 27 nitrogen and oxygen atoms in total. The second-order valence-electron chi connectivity index (χ2n) is 13.2. The van der Waals surface area contributed by atoms with E-state index in [0.717, 1.165) is 146 Å². The van der Waals surface area contributed by atoms with E-state index in [1.807, 2.05) is 0 Å². The molecule has 6 aromatic carbocycles. The van der Waals surface area contributed by atoms with Crippen molar-refractivity contribution in [2.24, 2.45) is 4.52 Å².